The largest absolute Gasteiger partial charge is 0.288 e. The summed E-state index contributed by atoms with van der Waals surface area (Å²) < 4.78 is 27.4. The highest BCUT2D eigenvalue weighted by atomic mass is 79.9. The van der Waals surface area contributed by atoms with E-state index in [2.05, 4.69) is 15.9 Å². The van der Waals surface area contributed by atoms with Crippen LogP contribution in [0.5, 0.6) is 0 Å². The molecule has 1 nitrogen and oxygen atoms in total. The molecular formula is C14H9BrF2O. The smallest absolute Gasteiger partial charge is 0.196 e. The minimum absolute atomic E-state index is 0.0631. The van der Waals surface area contributed by atoms with E-state index in [1.165, 1.54) is 24.3 Å². The number of hydrogen-bond acceptors (Lipinski definition) is 1. The number of benzene rings is 2. The first kappa shape index (κ1) is 12.9. The van der Waals surface area contributed by atoms with E-state index in [1.807, 2.05) is 0 Å². The molecular weight excluding hydrogens is 302 g/mol. The molecule has 2 aromatic carbocycles. The molecule has 18 heavy (non-hydrogen) atoms. The van der Waals surface area contributed by atoms with Gasteiger partial charge in [0.2, 0.25) is 0 Å². The van der Waals surface area contributed by atoms with Crippen LogP contribution in [0.1, 0.15) is 21.5 Å². The summed E-state index contributed by atoms with van der Waals surface area (Å²) in [6.07, 6.45) is 0. The molecule has 0 radical (unpaired) electrons. The second-order valence-corrected chi connectivity index (χ2v) is 4.83. The van der Waals surface area contributed by atoms with Crippen molar-refractivity contribution in [3.8, 4) is 0 Å². The summed E-state index contributed by atoms with van der Waals surface area (Å²) in [6, 6.07) is 8.06. The predicted molar refractivity (Wildman–Crippen MR) is 68.7 cm³/mol. The number of rotatable bonds is 2. The van der Waals surface area contributed by atoms with Crippen molar-refractivity contribution in [2.45, 2.75) is 6.92 Å². The summed E-state index contributed by atoms with van der Waals surface area (Å²) in [6.45, 7) is 1.68. The van der Waals surface area contributed by atoms with Crippen molar-refractivity contribution in [1.29, 1.82) is 0 Å². The number of carbonyl (C=O) groups excluding carboxylic acids is 1. The second kappa shape index (κ2) is 4.98. The molecule has 0 amide bonds. The summed E-state index contributed by atoms with van der Waals surface area (Å²) in [5.74, 6) is -1.66. The maximum Gasteiger partial charge on any atom is 0.196 e. The van der Waals surface area contributed by atoms with E-state index in [4.69, 9.17) is 0 Å². The van der Waals surface area contributed by atoms with Crippen LogP contribution in [0.2, 0.25) is 0 Å². The van der Waals surface area contributed by atoms with Gasteiger partial charge < -0.3 is 0 Å². The van der Waals surface area contributed by atoms with E-state index in [0.717, 1.165) is 6.07 Å². The van der Waals surface area contributed by atoms with Gasteiger partial charge in [0.15, 0.2) is 5.78 Å². The van der Waals surface area contributed by atoms with Crippen molar-refractivity contribution in [1.82, 2.24) is 0 Å². The van der Waals surface area contributed by atoms with Gasteiger partial charge in [-0.25, -0.2) is 8.78 Å². The van der Waals surface area contributed by atoms with Crippen molar-refractivity contribution in [3.63, 3.8) is 0 Å². The Morgan fingerprint density at radius 2 is 1.78 bits per heavy atom. The van der Waals surface area contributed by atoms with Gasteiger partial charge in [0.25, 0.3) is 0 Å². The Balaban J connectivity index is 2.51. The fourth-order valence-electron chi connectivity index (χ4n) is 1.66. The molecule has 0 aromatic heterocycles. The zero-order valence-electron chi connectivity index (χ0n) is 9.51. The minimum Gasteiger partial charge on any atom is -0.288 e. The molecule has 0 aliphatic rings. The van der Waals surface area contributed by atoms with Crippen LogP contribution in [-0.2, 0) is 0 Å². The first-order valence-corrected chi connectivity index (χ1v) is 6.04. The van der Waals surface area contributed by atoms with Crippen molar-refractivity contribution in [3.05, 3.63) is 69.2 Å². The lowest BCUT2D eigenvalue weighted by Crippen LogP contribution is -2.06. The average Bonchev–Trinajstić information content (AvgIpc) is 2.31. The SMILES string of the molecule is Cc1ccc(F)cc1C(=O)c1ccc(Br)cc1F. The maximum absolute atomic E-state index is 13.7. The quantitative estimate of drug-likeness (QED) is 0.757. The molecule has 0 fully saturated rings. The van der Waals surface area contributed by atoms with E-state index in [0.29, 0.717) is 10.0 Å². The molecule has 0 unspecified atom stereocenters. The van der Waals surface area contributed by atoms with Gasteiger partial charge in [-0.2, -0.15) is 0 Å². The van der Waals surface area contributed by atoms with Crippen LogP contribution in [0.4, 0.5) is 8.78 Å². The normalized spacial score (nSPS) is 10.4. The Hall–Kier alpha value is -1.55. The van der Waals surface area contributed by atoms with E-state index in [9.17, 15) is 13.6 Å². The standard InChI is InChI=1S/C14H9BrF2O/c1-8-2-4-10(16)7-12(8)14(18)11-5-3-9(15)6-13(11)17/h2-7H,1H3. The van der Waals surface area contributed by atoms with Gasteiger partial charge in [-0.3, -0.25) is 4.79 Å². The number of halogens is 3. The highest BCUT2D eigenvalue weighted by molar-refractivity contribution is 9.10. The van der Waals surface area contributed by atoms with Gasteiger partial charge in [0.05, 0.1) is 5.56 Å². The van der Waals surface area contributed by atoms with Crippen LogP contribution in [0.25, 0.3) is 0 Å². The second-order valence-electron chi connectivity index (χ2n) is 3.91. The lowest BCUT2D eigenvalue weighted by molar-refractivity contribution is 0.103. The monoisotopic (exact) mass is 310 g/mol. The molecule has 0 bridgehead atoms. The molecule has 0 saturated carbocycles. The highest BCUT2D eigenvalue weighted by Gasteiger charge is 2.16. The first-order chi connectivity index (χ1) is 8.49. The first-order valence-electron chi connectivity index (χ1n) is 5.25. The summed E-state index contributed by atoms with van der Waals surface area (Å²) in [5.41, 5.74) is 0.729. The highest BCUT2D eigenvalue weighted by Crippen LogP contribution is 2.20. The molecule has 0 atom stereocenters. The van der Waals surface area contributed by atoms with E-state index < -0.39 is 17.4 Å². The Bertz CT molecular complexity index is 623. The fourth-order valence-corrected chi connectivity index (χ4v) is 1.99. The molecule has 4 heteroatoms. The van der Waals surface area contributed by atoms with Crippen LogP contribution >= 0.6 is 15.9 Å². The van der Waals surface area contributed by atoms with Gasteiger partial charge in [0.1, 0.15) is 11.6 Å². The van der Waals surface area contributed by atoms with Gasteiger partial charge in [-0.1, -0.05) is 22.0 Å². The average molecular weight is 311 g/mol. The molecule has 0 spiro atoms. The lowest BCUT2D eigenvalue weighted by atomic mass is 9.99. The van der Waals surface area contributed by atoms with Crippen molar-refractivity contribution < 1.29 is 13.6 Å². The van der Waals surface area contributed by atoms with E-state index in [-0.39, 0.29) is 11.1 Å². The maximum atomic E-state index is 13.7. The molecule has 92 valence electrons. The molecule has 2 aromatic rings. The van der Waals surface area contributed by atoms with Crippen LogP contribution in [0.3, 0.4) is 0 Å². The lowest BCUT2D eigenvalue weighted by Gasteiger charge is -2.06. The van der Waals surface area contributed by atoms with Crippen molar-refractivity contribution in [2.75, 3.05) is 0 Å². The van der Waals surface area contributed by atoms with Gasteiger partial charge in [-0.05, 0) is 42.8 Å². The summed E-state index contributed by atoms with van der Waals surface area (Å²) in [5, 5.41) is 0. The zero-order valence-corrected chi connectivity index (χ0v) is 11.1. The zero-order chi connectivity index (χ0) is 13.3. The summed E-state index contributed by atoms with van der Waals surface area (Å²) in [4.78, 5) is 12.1. The van der Waals surface area contributed by atoms with Crippen LogP contribution in [0, 0.1) is 18.6 Å². The van der Waals surface area contributed by atoms with E-state index in [1.54, 1.807) is 13.0 Å². The minimum atomic E-state index is -0.627. The molecule has 0 aliphatic heterocycles. The van der Waals surface area contributed by atoms with E-state index >= 15 is 0 Å². The van der Waals surface area contributed by atoms with Crippen molar-refractivity contribution >= 4 is 21.7 Å². The Morgan fingerprint density at radius 3 is 2.44 bits per heavy atom. The number of aryl methyl sites for hydroxylation is 1. The molecule has 0 aliphatic carbocycles. The number of ketones is 1. The Morgan fingerprint density at radius 1 is 1.06 bits per heavy atom. The third-order valence-corrected chi connectivity index (χ3v) is 3.11. The Labute approximate surface area is 112 Å². The molecule has 0 saturated heterocycles. The summed E-state index contributed by atoms with van der Waals surface area (Å²) >= 11 is 3.12. The fraction of sp³-hybridized carbons (Fsp3) is 0.0714. The van der Waals surface area contributed by atoms with Gasteiger partial charge in [-0.15, -0.1) is 0 Å². The van der Waals surface area contributed by atoms with Crippen LogP contribution < -0.4 is 0 Å². The Kier molecular flexibility index (Phi) is 3.57. The van der Waals surface area contributed by atoms with Gasteiger partial charge >= 0.3 is 0 Å². The summed E-state index contributed by atoms with van der Waals surface area (Å²) in [7, 11) is 0. The number of carbonyl (C=O) groups is 1. The van der Waals surface area contributed by atoms with Crippen LogP contribution in [0.15, 0.2) is 40.9 Å². The third kappa shape index (κ3) is 2.48. The van der Waals surface area contributed by atoms with Crippen molar-refractivity contribution in [2.24, 2.45) is 0 Å². The topological polar surface area (TPSA) is 17.1 Å². The molecule has 0 N–H and O–H groups in total. The van der Waals surface area contributed by atoms with Crippen LogP contribution in [-0.4, -0.2) is 5.78 Å². The third-order valence-electron chi connectivity index (χ3n) is 2.62. The number of hydrogen-bond donors (Lipinski definition) is 0. The predicted octanol–water partition coefficient (Wildman–Crippen LogP) is 4.27. The molecule has 0 heterocycles. The van der Waals surface area contributed by atoms with Gasteiger partial charge in [0, 0.05) is 10.0 Å². The molecule has 2 rings (SSSR count).